The van der Waals surface area contributed by atoms with Crippen LogP contribution in [0.1, 0.15) is 42.5 Å². The Labute approximate surface area is 188 Å². The van der Waals surface area contributed by atoms with Crippen LogP contribution in [-0.4, -0.2) is 39.2 Å². The number of nitrogens with one attached hydrogen (secondary N) is 1. The second-order valence-electron chi connectivity index (χ2n) is 7.65. The number of carbonyl (C=O) groups is 1. The fourth-order valence-electron chi connectivity index (χ4n) is 3.67. The first-order valence-corrected chi connectivity index (χ1v) is 11.4. The van der Waals surface area contributed by atoms with Gasteiger partial charge in [-0.2, -0.15) is 10.2 Å². The standard InChI is InChI=1S/C23H30N6OS/c1-17-10-12-19(13-11-17)23(26-24)29(20-7-4-5-8-20)18(2)31-16-22(30)27-25-15-21-9-6-14-28(21)3/h6,9-15,20H,2,4-5,7-8,16,24H2,1,3H3,(H,27,30)/b25-15+,26-23-. The van der Waals surface area contributed by atoms with E-state index in [0.29, 0.717) is 5.84 Å². The van der Waals surface area contributed by atoms with Crippen molar-refractivity contribution in [1.82, 2.24) is 14.9 Å². The summed E-state index contributed by atoms with van der Waals surface area (Å²) in [6.45, 7) is 6.29. The number of thioether (sulfide) groups is 1. The molecule has 2 aromatic rings. The van der Waals surface area contributed by atoms with Gasteiger partial charge in [-0.1, -0.05) is 61.0 Å². The second kappa shape index (κ2) is 10.9. The number of nitrogens with zero attached hydrogens (tertiary/aromatic N) is 4. The summed E-state index contributed by atoms with van der Waals surface area (Å²) in [6.07, 6.45) is 7.98. The number of hydrogen-bond acceptors (Lipinski definition) is 5. The molecule has 0 saturated heterocycles. The summed E-state index contributed by atoms with van der Waals surface area (Å²) in [6, 6.07) is 12.2. The van der Waals surface area contributed by atoms with Crippen LogP contribution < -0.4 is 11.3 Å². The number of rotatable bonds is 8. The van der Waals surface area contributed by atoms with Gasteiger partial charge in [0, 0.05) is 24.8 Å². The van der Waals surface area contributed by atoms with E-state index in [9.17, 15) is 4.79 Å². The second-order valence-corrected chi connectivity index (χ2v) is 8.70. The smallest absolute Gasteiger partial charge is 0.250 e. The molecule has 164 valence electrons. The maximum absolute atomic E-state index is 12.3. The highest BCUT2D eigenvalue weighted by atomic mass is 32.2. The number of carbonyl (C=O) groups excluding carboxylic acids is 1. The molecule has 0 atom stereocenters. The molecule has 1 saturated carbocycles. The molecule has 31 heavy (non-hydrogen) atoms. The normalized spacial score (nSPS) is 14.8. The van der Waals surface area contributed by atoms with E-state index in [1.165, 1.54) is 30.2 Å². The molecule has 0 unspecified atom stereocenters. The summed E-state index contributed by atoms with van der Waals surface area (Å²) in [5, 5.41) is 8.91. The van der Waals surface area contributed by atoms with Gasteiger partial charge in [-0.05, 0) is 31.9 Å². The van der Waals surface area contributed by atoms with Crippen molar-refractivity contribution in [2.75, 3.05) is 5.75 Å². The lowest BCUT2D eigenvalue weighted by atomic mass is 10.1. The lowest BCUT2D eigenvalue weighted by Crippen LogP contribution is -2.38. The minimum atomic E-state index is -0.190. The SMILES string of the molecule is C=C(SCC(=O)N/N=C/c1cccn1C)N(/C(=N\N)c1ccc(C)cc1)C1CCCC1. The zero-order chi connectivity index (χ0) is 22.2. The lowest BCUT2D eigenvalue weighted by Gasteiger charge is -2.32. The van der Waals surface area contributed by atoms with E-state index in [-0.39, 0.29) is 17.7 Å². The van der Waals surface area contributed by atoms with Crippen LogP contribution >= 0.6 is 11.8 Å². The van der Waals surface area contributed by atoms with Crippen molar-refractivity contribution in [3.8, 4) is 0 Å². The average Bonchev–Trinajstić information content (AvgIpc) is 3.43. The van der Waals surface area contributed by atoms with E-state index in [4.69, 9.17) is 5.84 Å². The van der Waals surface area contributed by atoms with Gasteiger partial charge < -0.3 is 15.3 Å². The van der Waals surface area contributed by atoms with Gasteiger partial charge in [0.25, 0.3) is 0 Å². The molecule has 0 bridgehead atoms. The Balaban J connectivity index is 1.64. The molecule has 0 aliphatic heterocycles. The number of amides is 1. The Hall–Kier alpha value is -3.00. The highest BCUT2D eigenvalue weighted by Gasteiger charge is 2.28. The highest BCUT2D eigenvalue weighted by Crippen LogP contribution is 2.32. The third-order valence-corrected chi connectivity index (χ3v) is 6.30. The minimum absolute atomic E-state index is 0.190. The number of hydrogen-bond donors (Lipinski definition) is 2. The molecule has 1 aliphatic carbocycles. The number of benzene rings is 1. The van der Waals surface area contributed by atoms with Gasteiger partial charge >= 0.3 is 0 Å². The molecule has 1 fully saturated rings. The first-order chi connectivity index (χ1) is 15.0. The summed E-state index contributed by atoms with van der Waals surface area (Å²) >= 11 is 1.38. The fourth-order valence-corrected chi connectivity index (χ4v) is 4.40. The van der Waals surface area contributed by atoms with Crippen molar-refractivity contribution in [3.63, 3.8) is 0 Å². The molecule has 1 amide bonds. The number of amidine groups is 1. The number of aryl methyl sites for hydroxylation is 2. The Morgan fingerprint density at radius 3 is 2.65 bits per heavy atom. The Morgan fingerprint density at radius 1 is 1.32 bits per heavy atom. The van der Waals surface area contributed by atoms with Crippen LogP contribution in [0.15, 0.2) is 64.4 Å². The summed E-state index contributed by atoms with van der Waals surface area (Å²) in [4.78, 5) is 14.4. The van der Waals surface area contributed by atoms with Crippen molar-refractivity contribution >= 4 is 29.7 Å². The van der Waals surface area contributed by atoms with Crippen molar-refractivity contribution < 1.29 is 4.79 Å². The molecular formula is C23H30N6OS. The number of aromatic nitrogens is 1. The molecule has 0 spiro atoms. The highest BCUT2D eigenvalue weighted by molar-refractivity contribution is 8.03. The summed E-state index contributed by atoms with van der Waals surface area (Å²) in [5.41, 5.74) is 5.60. The van der Waals surface area contributed by atoms with Gasteiger partial charge in [-0.25, -0.2) is 5.43 Å². The predicted molar refractivity (Wildman–Crippen MR) is 129 cm³/mol. The zero-order valence-electron chi connectivity index (χ0n) is 18.1. The van der Waals surface area contributed by atoms with Gasteiger partial charge in [0.15, 0.2) is 5.84 Å². The Morgan fingerprint density at radius 2 is 2.03 bits per heavy atom. The largest absolute Gasteiger partial charge is 0.350 e. The molecule has 8 heteroatoms. The van der Waals surface area contributed by atoms with E-state index < -0.39 is 0 Å². The van der Waals surface area contributed by atoms with Crippen LogP contribution in [-0.2, 0) is 11.8 Å². The monoisotopic (exact) mass is 438 g/mol. The number of hydrazone groups is 2. The van der Waals surface area contributed by atoms with Crippen LogP contribution in [0, 0.1) is 6.92 Å². The van der Waals surface area contributed by atoms with Crippen molar-refractivity contribution in [2.45, 2.75) is 38.6 Å². The third-order valence-electron chi connectivity index (χ3n) is 5.36. The summed E-state index contributed by atoms with van der Waals surface area (Å²) < 4.78 is 1.92. The zero-order valence-corrected chi connectivity index (χ0v) is 18.9. The minimum Gasteiger partial charge on any atom is -0.350 e. The van der Waals surface area contributed by atoms with E-state index in [0.717, 1.165) is 29.1 Å². The first-order valence-electron chi connectivity index (χ1n) is 10.4. The summed E-state index contributed by atoms with van der Waals surface area (Å²) in [5.74, 6) is 6.53. The Kier molecular flexibility index (Phi) is 7.94. The van der Waals surface area contributed by atoms with E-state index in [1.54, 1.807) is 6.21 Å². The maximum atomic E-state index is 12.3. The van der Waals surface area contributed by atoms with Crippen LogP contribution in [0.25, 0.3) is 0 Å². The van der Waals surface area contributed by atoms with E-state index in [2.05, 4.69) is 27.1 Å². The molecule has 1 aromatic heterocycles. The average molecular weight is 439 g/mol. The molecule has 3 N–H and O–H groups in total. The maximum Gasteiger partial charge on any atom is 0.250 e. The molecular weight excluding hydrogens is 408 g/mol. The third kappa shape index (κ3) is 6.01. The fraction of sp³-hybridized carbons (Fsp3) is 0.348. The molecule has 0 radical (unpaired) electrons. The molecule has 1 aliphatic rings. The predicted octanol–water partition coefficient (Wildman–Crippen LogP) is 3.55. The van der Waals surface area contributed by atoms with E-state index in [1.807, 2.05) is 61.1 Å². The van der Waals surface area contributed by atoms with Crippen molar-refractivity contribution in [2.24, 2.45) is 23.1 Å². The molecule has 7 nitrogen and oxygen atoms in total. The van der Waals surface area contributed by atoms with E-state index >= 15 is 0 Å². The van der Waals surface area contributed by atoms with Crippen molar-refractivity contribution in [3.05, 3.63) is 71.0 Å². The van der Waals surface area contributed by atoms with Crippen LogP contribution in [0.5, 0.6) is 0 Å². The van der Waals surface area contributed by atoms with Gasteiger partial charge in [0.05, 0.1) is 22.7 Å². The van der Waals surface area contributed by atoms with Gasteiger partial charge in [0.1, 0.15) is 0 Å². The lowest BCUT2D eigenvalue weighted by molar-refractivity contribution is -0.118. The van der Waals surface area contributed by atoms with Crippen molar-refractivity contribution in [1.29, 1.82) is 0 Å². The van der Waals surface area contributed by atoms with Crippen LogP contribution in [0.4, 0.5) is 0 Å². The van der Waals surface area contributed by atoms with Gasteiger partial charge in [-0.15, -0.1) is 0 Å². The summed E-state index contributed by atoms with van der Waals surface area (Å²) in [7, 11) is 1.92. The van der Waals surface area contributed by atoms with Crippen LogP contribution in [0.2, 0.25) is 0 Å². The molecule has 1 heterocycles. The van der Waals surface area contributed by atoms with Crippen LogP contribution in [0.3, 0.4) is 0 Å². The van der Waals surface area contributed by atoms with Gasteiger partial charge in [0.2, 0.25) is 5.91 Å². The van der Waals surface area contributed by atoms with Gasteiger partial charge in [-0.3, -0.25) is 4.79 Å². The molecule has 1 aromatic carbocycles. The first kappa shape index (κ1) is 22.7. The number of nitrogens with two attached hydrogens (primary N) is 1. The topological polar surface area (TPSA) is 88.0 Å². The Bertz CT molecular complexity index is 957. The molecule has 3 rings (SSSR count). The quantitative estimate of drug-likeness (QED) is 0.286.